The van der Waals surface area contributed by atoms with Gasteiger partial charge in [-0.2, -0.15) is 13.2 Å². The van der Waals surface area contributed by atoms with E-state index in [1.807, 2.05) is 0 Å². The first kappa shape index (κ1) is 26.5. The number of para-hydroxylation sites is 1. The zero-order chi connectivity index (χ0) is 26.7. The van der Waals surface area contributed by atoms with Crippen LogP contribution in [0.2, 0.25) is 15.1 Å². The Bertz CT molecular complexity index is 1500. The molecule has 1 aliphatic rings. The largest absolute Gasteiger partial charge is 0.746 e. The van der Waals surface area contributed by atoms with Crippen LogP contribution in [0.3, 0.4) is 0 Å². The van der Waals surface area contributed by atoms with E-state index in [-0.39, 0.29) is 26.3 Å². The van der Waals surface area contributed by atoms with Gasteiger partial charge in [0, 0.05) is 18.2 Å². The third-order valence-corrected chi connectivity index (χ3v) is 7.50. The molecule has 0 N–H and O–H groups in total. The normalized spacial score (nSPS) is 16.4. The molecule has 0 fully saturated rings. The Morgan fingerprint density at radius 1 is 0.944 bits per heavy atom. The molecular formula is C22H12Cl3F4N2O4S-. The van der Waals surface area contributed by atoms with Crippen LogP contribution in [-0.2, 0) is 16.3 Å². The monoisotopic (exact) mass is 581 g/mol. The van der Waals surface area contributed by atoms with Gasteiger partial charge in [-0.15, -0.1) is 0 Å². The number of hydrogen-bond acceptors (Lipinski definition) is 4. The number of halogens is 7. The fraction of sp³-hybridized carbons (Fsp3) is 0.136. The van der Waals surface area contributed by atoms with Crippen LogP contribution >= 0.6 is 34.8 Å². The van der Waals surface area contributed by atoms with Crippen molar-refractivity contribution in [3.63, 3.8) is 0 Å². The van der Waals surface area contributed by atoms with E-state index in [1.165, 1.54) is 18.2 Å². The smallest absolute Gasteiger partial charge is 0.416 e. The fourth-order valence-corrected chi connectivity index (χ4v) is 5.84. The first-order valence-corrected chi connectivity index (χ1v) is 12.4. The van der Waals surface area contributed by atoms with E-state index in [9.17, 15) is 35.3 Å². The molecule has 4 rings (SSSR count). The minimum Gasteiger partial charge on any atom is -0.746 e. The Kier molecular flexibility index (Phi) is 6.67. The number of carbonyl (C=O) groups excluding carboxylic acids is 1. The zero-order valence-electron chi connectivity index (χ0n) is 17.8. The molecule has 0 aliphatic carbocycles. The quantitative estimate of drug-likeness (QED) is 0.241. The molecule has 1 heterocycles. The van der Waals surface area contributed by atoms with E-state index in [4.69, 9.17) is 34.8 Å². The lowest BCUT2D eigenvalue weighted by Gasteiger charge is -2.43. The molecule has 0 spiro atoms. The Morgan fingerprint density at radius 3 is 2.08 bits per heavy atom. The van der Waals surface area contributed by atoms with Crippen LogP contribution in [0.25, 0.3) is 11.1 Å². The molecule has 0 bridgehead atoms. The number of fused-ring (bicyclic) bond motifs is 1. The molecule has 2 amide bonds. The summed E-state index contributed by atoms with van der Waals surface area (Å²) < 4.78 is 92.7. The lowest BCUT2D eigenvalue weighted by Crippen LogP contribution is -2.48. The third-order valence-electron chi connectivity index (χ3n) is 5.47. The van der Waals surface area contributed by atoms with Crippen molar-refractivity contribution in [1.82, 2.24) is 4.90 Å². The van der Waals surface area contributed by atoms with Crippen LogP contribution in [0.5, 0.6) is 0 Å². The van der Waals surface area contributed by atoms with Gasteiger partial charge < -0.3 is 9.45 Å². The highest BCUT2D eigenvalue weighted by Crippen LogP contribution is 2.52. The fourth-order valence-electron chi connectivity index (χ4n) is 3.99. The van der Waals surface area contributed by atoms with Crippen molar-refractivity contribution >= 4 is 62.3 Å². The van der Waals surface area contributed by atoms with E-state index < -0.39 is 55.9 Å². The summed E-state index contributed by atoms with van der Waals surface area (Å²) in [4.78, 5) is 14.6. The number of alkyl halides is 3. The van der Waals surface area contributed by atoms with Crippen LogP contribution < -0.4 is 4.90 Å². The maximum atomic E-state index is 14.0. The van der Waals surface area contributed by atoms with Crippen molar-refractivity contribution < 1.29 is 35.3 Å². The topological polar surface area (TPSA) is 80.8 Å². The summed E-state index contributed by atoms with van der Waals surface area (Å²) in [6, 6.07) is 6.70. The van der Waals surface area contributed by atoms with Crippen molar-refractivity contribution in [2.24, 2.45) is 0 Å². The summed E-state index contributed by atoms with van der Waals surface area (Å²) in [7, 11) is -4.40. The highest BCUT2D eigenvalue weighted by molar-refractivity contribution is 7.86. The summed E-state index contributed by atoms with van der Waals surface area (Å²) in [6.45, 7) is 0. The molecule has 0 saturated heterocycles. The van der Waals surface area contributed by atoms with Gasteiger partial charge in [-0.05, 0) is 48.0 Å². The van der Waals surface area contributed by atoms with Crippen LogP contribution in [0, 0.1) is 5.82 Å². The molecular weight excluding hydrogens is 571 g/mol. The Hall–Kier alpha value is -2.57. The molecule has 0 saturated carbocycles. The van der Waals surface area contributed by atoms with Gasteiger partial charge in [-0.25, -0.2) is 17.6 Å². The highest BCUT2D eigenvalue weighted by Gasteiger charge is 2.45. The summed E-state index contributed by atoms with van der Waals surface area (Å²) >= 11 is 18.6. The van der Waals surface area contributed by atoms with Crippen molar-refractivity contribution in [3.05, 3.63) is 80.5 Å². The van der Waals surface area contributed by atoms with E-state index in [0.29, 0.717) is 21.9 Å². The molecule has 14 heteroatoms. The highest BCUT2D eigenvalue weighted by atomic mass is 35.5. The van der Waals surface area contributed by atoms with E-state index in [1.54, 1.807) is 0 Å². The second-order valence-electron chi connectivity index (χ2n) is 7.72. The summed E-state index contributed by atoms with van der Waals surface area (Å²) in [5, 5.41) is -2.90. The van der Waals surface area contributed by atoms with Crippen molar-refractivity contribution in [3.8, 4) is 11.1 Å². The van der Waals surface area contributed by atoms with Crippen LogP contribution in [0.4, 0.5) is 33.7 Å². The number of carbonyl (C=O) groups is 1. The molecule has 1 aliphatic heterocycles. The average molecular weight is 583 g/mol. The number of rotatable bonds is 3. The summed E-state index contributed by atoms with van der Waals surface area (Å²) in [6.07, 6.45) is -4.98. The SMILES string of the molecule is CN1C(=O)N(c2c(Cl)cccc2Cl)c2cc(C(F)(F)F)cc(-c3ccc(F)cc3Cl)c2C1S(=O)(=O)[O-]. The predicted molar refractivity (Wildman–Crippen MR) is 126 cm³/mol. The van der Waals surface area contributed by atoms with Gasteiger partial charge in [0.1, 0.15) is 15.9 Å². The second-order valence-corrected chi connectivity index (χ2v) is 10.4. The van der Waals surface area contributed by atoms with Crippen LogP contribution in [0.1, 0.15) is 16.5 Å². The zero-order valence-corrected chi connectivity index (χ0v) is 20.9. The maximum absolute atomic E-state index is 14.0. The minimum atomic E-state index is -5.38. The van der Waals surface area contributed by atoms with Crippen LogP contribution in [0.15, 0.2) is 48.5 Å². The minimum absolute atomic E-state index is 0.141. The van der Waals surface area contributed by atoms with Gasteiger partial charge in [-0.3, -0.25) is 4.90 Å². The number of amides is 2. The lowest BCUT2D eigenvalue weighted by atomic mass is 9.92. The molecule has 0 aromatic heterocycles. The Labute approximate surface area is 217 Å². The molecule has 1 atom stereocenters. The first-order valence-electron chi connectivity index (χ1n) is 9.79. The Balaban J connectivity index is 2.22. The summed E-state index contributed by atoms with van der Waals surface area (Å²) in [5.41, 5.74) is -3.31. The molecule has 1 unspecified atom stereocenters. The van der Waals surface area contributed by atoms with E-state index >= 15 is 0 Å². The molecule has 36 heavy (non-hydrogen) atoms. The van der Waals surface area contributed by atoms with Crippen molar-refractivity contribution in [2.45, 2.75) is 11.6 Å². The number of anilines is 2. The standard InChI is InChI=1S/C22H13Cl3F4N2O4S/c1-30-20(36(33,34)35)18-13(12-6-5-11(26)9-16(12)25)7-10(22(27,28)29)8-17(18)31(21(30)32)19-14(23)3-2-4-15(19)24/h2-9,20H,1H3,(H,33,34,35)/p-1. The first-order chi connectivity index (χ1) is 16.6. The third kappa shape index (κ3) is 4.50. The van der Waals surface area contributed by atoms with Gasteiger partial charge >= 0.3 is 12.2 Å². The van der Waals surface area contributed by atoms with Gasteiger partial charge in [-0.1, -0.05) is 40.9 Å². The van der Waals surface area contributed by atoms with Gasteiger partial charge in [0.2, 0.25) is 0 Å². The van der Waals surface area contributed by atoms with Crippen molar-refractivity contribution in [2.75, 3.05) is 11.9 Å². The Morgan fingerprint density at radius 2 is 1.56 bits per heavy atom. The second kappa shape index (κ2) is 9.07. The number of nitrogens with zero attached hydrogens (tertiary/aromatic N) is 2. The lowest BCUT2D eigenvalue weighted by molar-refractivity contribution is -0.137. The van der Waals surface area contributed by atoms with Crippen molar-refractivity contribution in [1.29, 1.82) is 0 Å². The number of benzene rings is 3. The van der Waals surface area contributed by atoms with E-state index in [2.05, 4.69) is 0 Å². The number of urea groups is 1. The number of hydrogen-bond donors (Lipinski definition) is 0. The van der Waals surface area contributed by atoms with Crippen LogP contribution in [-0.4, -0.2) is 30.9 Å². The summed E-state index contributed by atoms with van der Waals surface area (Å²) in [5.74, 6) is -0.811. The van der Waals surface area contributed by atoms with Gasteiger partial charge in [0.25, 0.3) is 0 Å². The molecule has 3 aromatic carbocycles. The molecule has 3 aromatic rings. The molecule has 0 radical (unpaired) electrons. The predicted octanol–water partition coefficient (Wildman–Crippen LogP) is 7.22. The van der Waals surface area contributed by atoms with Gasteiger partial charge in [0.05, 0.1) is 32.0 Å². The van der Waals surface area contributed by atoms with E-state index in [0.717, 1.165) is 25.2 Å². The average Bonchev–Trinajstić information content (AvgIpc) is 2.74. The maximum Gasteiger partial charge on any atom is 0.416 e. The molecule has 190 valence electrons. The van der Waals surface area contributed by atoms with Gasteiger partial charge in [0.15, 0.2) is 5.37 Å². The molecule has 6 nitrogen and oxygen atoms in total.